The molecule has 0 saturated carbocycles. The zero-order valence-electron chi connectivity index (χ0n) is 8.08. The summed E-state index contributed by atoms with van der Waals surface area (Å²) in [6, 6.07) is 0. The first-order valence-corrected chi connectivity index (χ1v) is 5.15. The van der Waals surface area contributed by atoms with Crippen molar-refractivity contribution in [2.45, 2.75) is 38.5 Å². The molecule has 3 heteroatoms. The van der Waals surface area contributed by atoms with Gasteiger partial charge in [-0.3, -0.25) is 9.59 Å². The fraction of sp³-hybridized carbons (Fsp3) is 0.636. The van der Waals surface area contributed by atoms with Crippen molar-refractivity contribution in [2.75, 3.05) is 0 Å². The van der Waals surface area contributed by atoms with Gasteiger partial charge in [0.1, 0.15) is 0 Å². The molecule has 0 spiro atoms. The van der Waals surface area contributed by atoms with Crippen LogP contribution in [0.1, 0.15) is 38.5 Å². The van der Waals surface area contributed by atoms with Crippen molar-refractivity contribution in [3.8, 4) is 0 Å². The van der Waals surface area contributed by atoms with Gasteiger partial charge in [-0.2, -0.15) is 0 Å². The maximum Gasteiger partial charge on any atom is 0.306 e. The first-order chi connectivity index (χ1) is 6.68. The van der Waals surface area contributed by atoms with Gasteiger partial charge in [0.25, 0.3) is 0 Å². The van der Waals surface area contributed by atoms with Gasteiger partial charge in [0.15, 0.2) is 5.78 Å². The lowest BCUT2D eigenvalue weighted by molar-refractivity contribution is -0.142. The maximum absolute atomic E-state index is 11.5. The Labute approximate surface area is 82.8 Å². The number of ketones is 1. The predicted molar refractivity (Wildman–Crippen MR) is 50.9 cm³/mol. The second kappa shape index (κ2) is 3.56. The molecule has 0 aromatic carbocycles. The fourth-order valence-corrected chi connectivity index (χ4v) is 2.40. The number of hydrogen-bond donors (Lipinski definition) is 1. The summed E-state index contributed by atoms with van der Waals surface area (Å²) in [4.78, 5) is 22.3. The molecule has 2 rings (SSSR count). The highest BCUT2D eigenvalue weighted by atomic mass is 16.4. The molecule has 0 bridgehead atoms. The Balaban J connectivity index is 2.20. The van der Waals surface area contributed by atoms with Gasteiger partial charge in [-0.05, 0) is 37.7 Å². The molecular formula is C11H14O3. The SMILES string of the molecule is O=C1CCCC2=C1C[C@@H](C(=O)O)CC2. The van der Waals surface area contributed by atoms with Crippen LogP contribution in [-0.4, -0.2) is 16.9 Å². The fourth-order valence-electron chi connectivity index (χ4n) is 2.40. The molecule has 2 aliphatic carbocycles. The molecule has 0 aromatic rings. The molecule has 0 aliphatic heterocycles. The highest BCUT2D eigenvalue weighted by Gasteiger charge is 2.30. The van der Waals surface area contributed by atoms with E-state index in [1.54, 1.807) is 0 Å². The van der Waals surface area contributed by atoms with Crippen LogP contribution in [0.15, 0.2) is 11.1 Å². The van der Waals surface area contributed by atoms with Gasteiger partial charge < -0.3 is 5.11 Å². The Bertz CT molecular complexity index is 314. The summed E-state index contributed by atoms with van der Waals surface area (Å²) in [5, 5.41) is 8.88. The molecule has 76 valence electrons. The predicted octanol–water partition coefficient (Wildman–Crippen LogP) is 1.92. The first-order valence-electron chi connectivity index (χ1n) is 5.15. The molecule has 0 aromatic heterocycles. The second-order valence-corrected chi connectivity index (χ2v) is 4.14. The molecular weight excluding hydrogens is 180 g/mol. The van der Waals surface area contributed by atoms with E-state index in [1.165, 1.54) is 5.57 Å². The van der Waals surface area contributed by atoms with Crippen molar-refractivity contribution in [1.29, 1.82) is 0 Å². The Morgan fingerprint density at radius 3 is 2.79 bits per heavy atom. The van der Waals surface area contributed by atoms with Crippen LogP contribution < -0.4 is 0 Å². The van der Waals surface area contributed by atoms with Crippen molar-refractivity contribution >= 4 is 11.8 Å². The lowest BCUT2D eigenvalue weighted by atomic mass is 9.77. The number of carboxylic acid groups (broad SMARTS) is 1. The molecule has 0 unspecified atom stereocenters. The molecule has 0 fully saturated rings. The minimum atomic E-state index is -0.755. The van der Waals surface area contributed by atoms with Crippen LogP contribution in [0, 0.1) is 5.92 Å². The van der Waals surface area contributed by atoms with Crippen LogP contribution in [0.5, 0.6) is 0 Å². The summed E-state index contributed by atoms with van der Waals surface area (Å²) in [6.45, 7) is 0. The van der Waals surface area contributed by atoms with Gasteiger partial charge in [-0.1, -0.05) is 5.57 Å². The maximum atomic E-state index is 11.5. The van der Waals surface area contributed by atoms with Crippen molar-refractivity contribution in [3.05, 3.63) is 11.1 Å². The summed E-state index contributed by atoms with van der Waals surface area (Å²) in [5.74, 6) is -0.886. The van der Waals surface area contributed by atoms with Crippen molar-refractivity contribution in [2.24, 2.45) is 5.92 Å². The molecule has 0 radical (unpaired) electrons. The van der Waals surface area contributed by atoms with Gasteiger partial charge in [0, 0.05) is 6.42 Å². The zero-order chi connectivity index (χ0) is 10.1. The molecule has 1 N–H and O–H groups in total. The van der Waals surface area contributed by atoms with E-state index >= 15 is 0 Å². The number of rotatable bonds is 1. The quantitative estimate of drug-likeness (QED) is 0.693. The molecule has 1 atom stereocenters. The number of hydrogen-bond acceptors (Lipinski definition) is 2. The molecule has 14 heavy (non-hydrogen) atoms. The van der Waals surface area contributed by atoms with Gasteiger partial charge in [-0.25, -0.2) is 0 Å². The molecule has 2 aliphatic rings. The Hall–Kier alpha value is -1.12. The Kier molecular flexibility index (Phi) is 2.40. The number of carbonyl (C=O) groups excluding carboxylic acids is 1. The Morgan fingerprint density at radius 2 is 2.07 bits per heavy atom. The summed E-state index contributed by atoms with van der Waals surface area (Å²) >= 11 is 0. The van der Waals surface area contributed by atoms with Gasteiger partial charge in [0.2, 0.25) is 0 Å². The summed E-state index contributed by atoms with van der Waals surface area (Å²) < 4.78 is 0. The second-order valence-electron chi connectivity index (χ2n) is 4.14. The van der Waals surface area contributed by atoms with Crippen LogP contribution >= 0.6 is 0 Å². The van der Waals surface area contributed by atoms with E-state index in [2.05, 4.69) is 0 Å². The van der Waals surface area contributed by atoms with Crippen LogP contribution in [-0.2, 0) is 9.59 Å². The van der Waals surface area contributed by atoms with E-state index in [0.717, 1.165) is 24.8 Å². The van der Waals surface area contributed by atoms with Gasteiger partial charge in [0.05, 0.1) is 5.92 Å². The van der Waals surface area contributed by atoms with E-state index in [1.807, 2.05) is 0 Å². The smallest absolute Gasteiger partial charge is 0.306 e. The van der Waals surface area contributed by atoms with Crippen molar-refractivity contribution < 1.29 is 14.7 Å². The highest BCUT2D eigenvalue weighted by Crippen LogP contribution is 2.36. The number of carbonyl (C=O) groups is 2. The number of aliphatic carboxylic acids is 1. The van der Waals surface area contributed by atoms with Crippen LogP contribution in [0.2, 0.25) is 0 Å². The average molecular weight is 194 g/mol. The summed E-state index contributed by atoms with van der Waals surface area (Å²) in [6.07, 6.45) is 4.58. The normalized spacial score (nSPS) is 27.4. The number of carboxylic acids is 1. The van der Waals surface area contributed by atoms with Gasteiger partial charge in [-0.15, -0.1) is 0 Å². The summed E-state index contributed by atoms with van der Waals surface area (Å²) in [5.41, 5.74) is 2.08. The lowest BCUT2D eigenvalue weighted by Gasteiger charge is -2.27. The molecule has 0 saturated heterocycles. The van der Waals surface area contributed by atoms with Crippen LogP contribution in [0.3, 0.4) is 0 Å². The van der Waals surface area contributed by atoms with Crippen molar-refractivity contribution in [3.63, 3.8) is 0 Å². The largest absolute Gasteiger partial charge is 0.481 e. The van der Waals surface area contributed by atoms with Crippen LogP contribution in [0.25, 0.3) is 0 Å². The first kappa shape index (κ1) is 9.44. The number of Topliss-reactive ketones (excluding diaryl/α,β-unsaturated/α-hetero) is 1. The van der Waals surface area contributed by atoms with Gasteiger partial charge >= 0.3 is 5.97 Å². The summed E-state index contributed by atoms with van der Waals surface area (Å²) in [7, 11) is 0. The Morgan fingerprint density at radius 1 is 1.29 bits per heavy atom. The van der Waals surface area contributed by atoms with E-state index in [0.29, 0.717) is 19.3 Å². The third kappa shape index (κ3) is 1.59. The van der Waals surface area contributed by atoms with Crippen molar-refractivity contribution in [1.82, 2.24) is 0 Å². The average Bonchev–Trinajstić information content (AvgIpc) is 2.18. The topological polar surface area (TPSA) is 54.4 Å². The minimum Gasteiger partial charge on any atom is -0.481 e. The monoisotopic (exact) mass is 194 g/mol. The highest BCUT2D eigenvalue weighted by molar-refractivity contribution is 5.97. The van der Waals surface area contributed by atoms with E-state index in [4.69, 9.17) is 5.11 Å². The number of allylic oxidation sites excluding steroid dienone is 2. The molecule has 3 nitrogen and oxygen atoms in total. The minimum absolute atomic E-state index is 0.192. The third-order valence-electron chi connectivity index (χ3n) is 3.24. The van der Waals surface area contributed by atoms with E-state index in [-0.39, 0.29) is 11.7 Å². The standard InChI is InChI=1S/C11H14O3/c12-10-3-1-2-7-4-5-8(11(13)14)6-9(7)10/h8H,1-6H2,(H,13,14)/t8-/m0/s1. The van der Waals surface area contributed by atoms with E-state index in [9.17, 15) is 9.59 Å². The van der Waals surface area contributed by atoms with E-state index < -0.39 is 5.97 Å². The van der Waals surface area contributed by atoms with Crippen LogP contribution in [0.4, 0.5) is 0 Å². The molecule has 0 heterocycles. The third-order valence-corrected chi connectivity index (χ3v) is 3.24. The zero-order valence-corrected chi connectivity index (χ0v) is 8.08. The lowest BCUT2D eigenvalue weighted by Crippen LogP contribution is -2.24. The molecule has 0 amide bonds.